The Morgan fingerprint density at radius 2 is 1.44 bits per heavy atom. The maximum absolute atomic E-state index is 13.1. The molecule has 4 heterocycles. The molecule has 144 valence electrons. The maximum Gasteiger partial charge on any atom is 0.227 e. The largest absolute Gasteiger partial charge is 0.353 e. The van der Waals surface area contributed by atoms with E-state index in [-0.39, 0.29) is 5.82 Å². The van der Waals surface area contributed by atoms with Crippen molar-refractivity contribution in [3.05, 3.63) is 35.9 Å². The van der Waals surface area contributed by atoms with E-state index < -0.39 is 0 Å². The van der Waals surface area contributed by atoms with Crippen molar-refractivity contribution in [1.29, 1.82) is 0 Å². The van der Waals surface area contributed by atoms with Crippen molar-refractivity contribution in [1.82, 2.24) is 19.9 Å². The first-order valence-electron chi connectivity index (χ1n) is 9.49. The first-order valence-corrected chi connectivity index (χ1v) is 9.49. The standard InChI is InChI=1S/C19H26FN7/c1-15-13-18(23-19(22-15)27-7-5-24(2)6-8-27)26-11-9-25(10-12-26)17-4-3-16(20)14-21-17/h3-4,13-14H,5-12H2,1-2H3. The molecular formula is C19H26FN7. The predicted octanol–water partition coefficient (Wildman–Crippen LogP) is 1.40. The van der Waals surface area contributed by atoms with Crippen LogP contribution in [0.3, 0.4) is 0 Å². The lowest BCUT2D eigenvalue weighted by atomic mass is 10.3. The highest BCUT2D eigenvalue weighted by atomic mass is 19.1. The molecule has 2 aliphatic heterocycles. The van der Waals surface area contributed by atoms with Crippen LogP contribution in [-0.2, 0) is 0 Å². The summed E-state index contributed by atoms with van der Waals surface area (Å²) in [6, 6.07) is 5.27. The minimum atomic E-state index is -0.301. The Labute approximate surface area is 159 Å². The molecule has 27 heavy (non-hydrogen) atoms. The fourth-order valence-corrected chi connectivity index (χ4v) is 3.57. The Hall–Kier alpha value is -2.48. The highest BCUT2D eigenvalue weighted by molar-refractivity contribution is 5.49. The number of anilines is 3. The van der Waals surface area contributed by atoms with Gasteiger partial charge >= 0.3 is 0 Å². The Kier molecular flexibility index (Phi) is 5.07. The predicted molar refractivity (Wildman–Crippen MR) is 105 cm³/mol. The summed E-state index contributed by atoms with van der Waals surface area (Å²) in [5.41, 5.74) is 0.997. The molecule has 7 nitrogen and oxygen atoms in total. The molecule has 0 spiro atoms. The molecule has 0 N–H and O–H groups in total. The van der Waals surface area contributed by atoms with Crippen molar-refractivity contribution in [3.8, 4) is 0 Å². The van der Waals surface area contributed by atoms with E-state index in [0.717, 1.165) is 75.6 Å². The maximum atomic E-state index is 13.1. The number of aromatic nitrogens is 3. The smallest absolute Gasteiger partial charge is 0.227 e. The Morgan fingerprint density at radius 3 is 2.07 bits per heavy atom. The molecule has 0 bridgehead atoms. The van der Waals surface area contributed by atoms with E-state index >= 15 is 0 Å². The van der Waals surface area contributed by atoms with E-state index in [1.807, 2.05) is 6.92 Å². The van der Waals surface area contributed by atoms with Gasteiger partial charge in [-0.15, -0.1) is 0 Å². The summed E-state index contributed by atoms with van der Waals surface area (Å²) in [5, 5.41) is 0. The average Bonchev–Trinajstić information content (AvgIpc) is 2.69. The highest BCUT2D eigenvalue weighted by Crippen LogP contribution is 2.21. The molecule has 0 amide bonds. The molecule has 0 atom stereocenters. The molecule has 8 heteroatoms. The van der Waals surface area contributed by atoms with Gasteiger partial charge in [-0.2, -0.15) is 4.98 Å². The van der Waals surface area contributed by atoms with Crippen molar-refractivity contribution in [3.63, 3.8) is 0 Å². The van der Waals surface area contributed by atoms with Crippen LogP contribution in [0.2, 0.25) is 0 Å². The molecule has 2 aromatic rings. The third kappa shape index (κ3) is 4.10. The number of likely N-dealkylation sites (N-methyl/N-ethyl adjacent to an activating group) is 1. The number of halogens is 1. The van der Waals surface area contributed by atoms with Gasteiger partial charge in [0.1, 0.15) is 17.5 Å². The SMILES string of the molecule is Cc1cc(N2CCN(c3ccc(F)cn3)CC2)nc(N2CCN(C)CC2)n1. The van der Waals surface area contributed by atoms with Gasteiger partial charge in [-0.05, 0) is 26.1 Å². The topological polar surface area (TPSA) is 51.6 Å². The normalized spacial score (nSPS) is 18.9. The molecule has 2 aliphatic rings. The third-order valence-electron chi connectivity index (χ3n) is 5.25. The minimum Gasteiger partial charge on any atom is -0.353 e. The summed E-state index contributed by atoms with van der Waals surface area (Å²) in [6.45, 7) is 9.43. The molecule has 0 aliphatic carbocycles. The monoisotopic (exact) mass is 371 g/mol. The molecule has 2 aromatic heterocycles. The number of hydrogen-bond acceptors (Lipinski definition) is 7. The van der Waals surface area contributed by atoms with Crippen LogP contribution in [0, 0.1) is 12.7 Å². The molecular weight excluding hydrogens is 345 g/mol. The first kappa shape index (κ1) is 17.9. The fourth-order valence-electron chi connectivity index (χ4n) is 3.57. The van der Waals surface area contributed by atoms with Gasteiger partial charge in [0.15, 0.2) is 0 Å². The summed E-state index contributed by atoms with van der Waals surface area (Å²) in [7, 11) is 2.15. The number of nitrogens with zero attached hydrogens (tertiary/aromatic N) is 7. The molecule has 0 unspecified atom stereocenters. The zero-order valence-electron chi connectivity index (χ0n) is 16.0. The van der Waals surface area contributed by atoms with E-state index in [0.29, 0.717) is 0 Å². The van der Waals surface area contributed by atoms with E-state index in [1.54, 1.807) is 6.07 Å². The summed E-state index contributed by atoms with van der Waals surface area (Å²) < 4.78 is 13.1. The molecule has 0 radical (unpaired) electrons. The quantitative estimate of drug-likeness (QED) is 0.808. The van der Waals surface area contributed by atoms with Crippen molar-refractivity contribution in [2.24, 2.45) is 0 Å². The van der Waals surface area contributed by atoms with E-state index in [1.165, 1.54) is 12.3 Å². The van der Waals surface area contributed by atoms with Crippen LogP contribution in [0.15, 0.2) is 24.4 Å². The second-order valence-electron chi connectivity index (χ2n) is 7.27. The van der Waals surface area contributed by atoms with Crippen LogP contribution in [-0.4, -0.2) is 79.3 Å². The number of hydrogen-bond donors (Lipinski definition) is 0. The number of pyridine rings is 1. The van der Waals surface area contributed by atoms with Crippen LogP contribution < -0.4 is 14.7 Å². The lowest BCUT2D eigenvalue weighted by molar-refractivity contribution is 0.311. The molecule has 2 saturated heterocycles. The molecule has 4 rings (SSSR count). The van der Waals surface area contributed by atoms with Gasteiger partial charge in [-0.1, -0.05) is 0 Å². The summed E-state index contributed by atoms with van der Waals surface area (Å²) in [5.74, 6) is 2.35. The van der Waals surface area contributed by atoms with Gasteiger partial charge in [0.2, 0.25) is 5.95 Å². The number of aryl methyl sites for hydroxylation is 1. The highest BCUT2D eigenvalue weighted by Gasteiger charge is 2.22. The van der Waals surface area contributed by atoms with Gasteiger partial charge in [0.05, 0.1) is 6.20 Å². The van der Waals surface area contributed by atoms with Crippen LogP contribution in [0.4, 0.5) is 22.0 Å². The van der Waals surface area contributed by atoms with Crippen molar-refractivity contribution < 1.29 is 4.39 Å². The summed E-state index contributed by atoms with van der Waals surface area (Å²) in [4.78, 5) is 22.8. The van der Waals surface area contributed by atoms with Crippen molar-refractivity contribution >= 4 is 17.6 Å². The first-order chi connectivity index (χ1) is 13.1. The molecule has 0 aromatic carbocycles. The van der Waals surface area contributed by atoms with Crippen LogP contribution in [0.25, 0.3) is 0 Å². The minimum absolute atomic E-state index is 0.301. The summed E-state index contributed by atoms with van der Waals surface area (Å²) in [6.07, 6.45) is 1.28. The molecule has 2 fully saturated rings. The van der Waals surface area contributed by atoms with Crippen LogP contribution in [0.5, 0.6) is 0 Å². The third-order valence-corrected chi connectivity index (χ3v) is 5.25. The van der Waals surface area contributed by atoms with Crippen LogP contribution >= 0.6 is 0 Å². The zero-order valence-corrected chi connectivity index (χ0v) is 16.0. The van der Waals surface area contributed by atoms with Crippen molar-refractivity contribution in [2.75, 3.05) is 74.1 Å². The lowest BCUT2D eigenvalue weighted by Gasteiger charge is -2.37. The Balaban J connectivity index is 1.44. The van der Waals surface area contributed by atoms with E-state index in [4.69, 9.17) is 4.98 Å². The van der Waals surface area contributed by atoms with Gasteiger partial charge in [0.25, 0.3) is 0 Å². The average molecular weight is 371 g/mol. The van der Waals surface area contributed by atoms with Gasteiger partial charge in [0, 0.05) is 64.1 Å². The zero-order chi connectivity index (χ0) is 18.8. The Bertz CT molecular complexity index is 766. The Morgan fingerprint density at radius 1 is 0.815 bits per heavy atom. The van der Waals surface area contributed by atoms with Crippen LogP contribution in [0.1, 0.15) is 5.69 Å². The van der Waals surface area contributed by atoms with Gasteiger partial charge in [-0.3, -0.25) is 0 Å². The van der Waals surface area contributed by atoms with Crippen molar-refractivity contribution in [2.45, 2.75) is 6.92 Å². The van der Waals surface area contributed by atoms with Gasteiger partial charge < -0.3 is 19.6 Å². The number of piperazine rings is 2. The second-order valence-corrected chi connectivity index (χ2v) is 7.27. The number of rotatable bonds is 3. The van der Waals surface area contributed by atoms with E-state index in [9.17, 15) is 4.39 Å². The lowest BCUT2D eigenvalue weighted by Crippen LogP contribution is -2.47. The summed E-state index contributed by atoms with van der Waals surface area (Å²) >= 11 is 0. The fraction of sp³-hybridized carbons (Fsp3) is 0.526. The van der Waals surface area contributed by atoms with Gasteiger partial charge in [-0.25, -0.2) is 14.4 Å². The van der Waals surface area contributed by atoms with E-state index in [2.05, 4.69) is 42.7 Å². The molecule has 0 saturated carbocycles. The second kappa shape index (κ2) is 7.64.